The Labute approximate surface area is 123 Å². The van der Waals surface area contributed by atoms with E-state index in [1.54, 1.807) is 12.1 Å². The van der Waals surface area contributed by atoms with Crippen LogP contribution in [0.25, 0.3) is 0 Å². The van der Waals surface area contributed by atoms with Gasteiger partial charge in [0.1, 0.15) is 16.7 Å². The maximum absolute atomic E-state index is 9.23. The molecular formula is C16H18N2OS. The third-order valence-electron chi connectivity index (χ3n) is 3.20. The standard InChI is InChI=1S/C16H18N2OS/c1-12(2-3-13-4-6-14(19)7-5-13)18-11-16-9-8-15(10-17)20-16/h4-9,12,18-19H,2-3,11H2,1H3. The molecule has 0 saturated carbocycles. The van der Waals surface area contributed by atoms with Gasteiger partial charge in [0.2, 0.25) is 0 Å². The lowest BCUT2D eigenvalue weighted by Gasteiger charge is -2.13. The van der Waals surface area contributed by atoms with Gasteiger partial charge in [-0.05, 0) is 49.6 Å². The van der Waals surface area contributed by atoms with Crippen LogP contribution in [0.3, 0.4) is 0 Å². The minimum atomic E-state index is 0.311. The average Bonchev–Trinajstić information content (AvgIpc) is 2.92. The van der Waals surface area contributed by atoms with Crippen molar-refractivity contribution in [2.24, 2.45) is 0 Å². The van der Waals surface area contributed by atoms with Crippen LogP contribution in [-0.4, -0.2) is 11.1 Å². The molecule has 2 aromatic rings. The van der Waals surface area contributed by atoms with Crippen LogP contribution in [-0.2, 0) is 13.0 Å². The summed E-state index contributed by atoms with van der Waals surface area (Å²) in [5, 5.41) is 21.5. The maximum atomic E-state index is 9.23. The Kier molecular flexibility index (Phi) is 5.16. The van der Waals surface area contributed by atoms with Crippen molar-refractivity contribution in [2.45, 2.75) is 32.4 Å². The molecule has 20 heavy (non-hydrogen) atoms. The summed E-state index contributed by atoms with van der Waals surface area (Å²) in [5.41, 5.74) is 1.24. The van der Waals surface area contributed by atoms with Gasteiger partial charge in [0.25, 0.3) is 0 Å². The summed E-state index contributed by atoms with van der Waals surface area (Å²) in [4.78, 5) is 1.96. The van der Waals surface area contributed by atoms with Crippen LogP contribution in [0.15, 0.2) is 36.4 Å². The third-order valence-corrected chi connectivity index (χ3v) is 4.19. The summed E-state index contributed by atoms with van der Waals surface area (Å²) in [7, 11) is 0. The van der Waals surface area contributed by atoms with Gasteiger partial charge in [0.15, 0.2) is 0 Å². The second kappa shape index (κ2) is 7.09. The average molecular weight is 286 g/mol. The van der Waals surface area contributed by atoms with Crippen LogP contribution in [0.2, 0.25) is 0 Å². The molecule has 0 aliphatic heterocycles. The summed E-state index contributed by atoms with van der Waals surface area (Å²) in [6.07, 6.45) is 2.03. The van der Waals surface area contributed by atoms with E-state index in [4.69, 9.17) is 5.26 Å². The molecule has 0 saturated heterocycles. The molecule has 104 valence electrons. The number of aromatic hydroxyl groups is 1. The number of hydrogen-bond donors (Lipinski definition) is 2. The minimum Gasteiger partial charge on any atom is -0.508 e. The molecule has 0 radical (unpaired) electrons. The van der Waals surface area contributed by atoms with Gasteiger partial charge in [-0.1, -0.05) is 12.1 Å². The van der Waals surface area contributed by atoms with Crippen molar-refractivity contribution in [2.75, 3.05) is 0 Å². The summed E-state index contributed by atoms with van der Waals surface area (Å²) in [6.45, 7) is 2.97. The van der Waals surface area contributed by atoms with E-state index >= 15 is 0 Å². The molecule has 0 aliphatic carbocycles. The lowest BCUT2D eigenvalue weighted by Crippen LogP contribution is -2.25. The highest BCUT2D eigenvalue weighted by Gasteiger charge is 2.04. The molecule has 2 rings (SSSR count). The van der Waals surface area contributed by atoms with Gasteiger partial charge in [-0.25, -0.2) is 0 Å². The molecule has 1 aromatic carbocycles. The summed E-state index contributed by atoms with van der Waals surface area (Å²) < 4.78 is 0. The lowest BCUT2D eigenvalue weighted by atomic mass is 10.1. The number of phenols is 1. The predicted molar refractivity (Wildman–Crippen MR) is 81.8 cm³/mol. The molecule has 3 nitrogen and oxygen atoms in total. The van der Waals surface area contributed by atoms with Crippen molar-refractivity contribution in [3.63, 3.8) is 0 Å². The molecule has 4 heteroatoms. The van der Waals surface area contributed by atoms with Crippen molar-refractivity contribution in [1.29, 1.82) is 5.26 Å². The summed E-state index contributed by atoms with van der Waals surface area (Å²) in [6, 6.07) is 13.8. The van der Waals surface area contributed by atoms with E-state index in [1.807, 2.05) is 24.3 Å². The van der Waals surface area contributed by atoms with E-state index < -0.39 is 0 Å². The van der Waals surface area contributed by atoms with Gasteiger partial charge in [-0.3, -0.25) is 0 Å². The zero-order valence-electron chi connectivity index (χ0n) is 11.5. The Morgan fingerprint density at radius 1 is 1.25 bits per heavy atom. The van der Waals surface area contributed by atoms with E-state index in [0.29, 0.717) is 11.8 Å². The highest BCUT2D eigenvalue weighted by atomic mass is 32.1. The number of phenolic OH excluding ortho intramolecular Hbond substituents is 1. The Bertz CT molecular complexity index is 583. The number of thiophene rings is 1. The first-order valence-corrected chi connectivity index (χ1v) is 7.49. The Hall–Kier alpha value is -1.83. The summed E-state index contributed by atoms with van der Waals surface area (Å²) >= 11 is 1.54. The molecule has 1 aromatic heterocycles. The number of benzene rings is 1. The number of hydrogen-bond acceptors (Lipinski definition) is 4. The number of aryl methyl sites for hydroxylation is 1. The van der Waals surface area contributed by atoms with Crippen LogP contribution in [0, 0.1) is 11.3 Å². The smallest absolute Gasteiger partial charge is 0.115 e. The van der Waals surface area contributed by atoms with Crippen LogP contribution >= 0.6 is 11.3 Å². The van der Waals surface area contributed by atoms with Gasteiger partial charge in [0.05, 0.1) is 0 Å². The molecule has 1 heterocycles. The summed E-state index contributed by atoms with van der Waals surface area (Å²) in [5.74, 6) is 0.311. The number of nitrogens with zero attached hydrogens (tertiary/aromatic N) is 1. The zero-order chi connectivity index (χ0) is 14.4. The molecule has 1 atom stereocenters. The normalized spacial score (nSPS) is 12.0. The first-order valence-electron chi connectivity index (χ1n) is 6.67. The fourth-order valence-electron chi connectivity index (χ4n) is 1.96. The largest absolute Gasteiger partial charge is 0.508 e. The topological polar surface area (TPSA) is 56.0 Å². The van der Waals surface area contributed by atoms with E-state index in [9.17, 15) is 5.11 Å². The van der Waals surface area contributed by atoms with Gasteiger partial charge >= 0.3 is 0 Å². The van der Waals surface area contributed by atoms with Crippen LogP contribution in [0.1, 0.15) is 28.7 Å². The van der Waals surface area contributed by atoms with Crippen LogP contribution in [0.4, 0.5) is 0 Å². The molecule has 0 spiro atoms. The molecule has 0 amide bonds. The highest BCUT2D eigenvalue weighted by Crippen LogP contribution is 2.16. The number of nitrogens with one attached hydrogen (secondary N) is 1. The fourth-order valence-corrected chi connectivity index (χ4v) is 2.71. The first-order chi connectivity index (χ1) is 9.67. The van der Waals surface area contributed by atoms with Crippen molar-refractivity contribution >= 4 is 11.3 Å². The van der Waals surface area contributed by atoms with Crippen molar-refractivity contribution in [3.8, 4) is 11.8 Å². The van der Waals surface area contributed by atoms with E-state index in [0.717, 1.165) is 24.3 Å². The second-order valence-electron chi connectivity index (χ2n) is 4.86. The van der Waals surface area contributed by atoms with Crippen LogP contribution < -0.4 is 5.32 Å². The van der Waals surface area contributed by atoms with E-state index in [2.05, 4.69) is 18.3 Å². The Balaban J connectivity index is 1.74. The Morgan fingerprint density at radius 2 is 2.00 bits per heavy atom. The molecule has 0 aliphatic rings. The molecule has 0 fully saturated rings. The fraction of sp³-hybridized carbons (Fsp3) is 0.312. The van der Waals surface area contributed by atoms with E-state index in [1.165, 1.54) is 21.8 Å². The van der Waals surface area contributed by atoms with Crippen molar-refractivity contribution in [3.05, 3.63) is 51.7 Å². The van der Waals surface area contributed by atoms with Gasteiger partial charge in [0, 0.05) is 17.5 Å². The Morgan fingerprint density at radius 3 is 2.65 bits per heavy atom. The number of rotatable bonds is 6. The first kappa shape index (κ1) is 14.6. The second-order valence-corrected chi connectivity index (χ2v) is 6.03. The molecular weight excluding hydrogens is 268 g/mol. The molecule has 0 bridgehead atoms. The van der Waals surface area contributed by atoms with Gasteiger partial charge < -0.3 is 10.4 Å². The SMILES string of the molecule is CC(CCc1ccc(O)cc1)NCc1ccc(C#N)s1. The maximum Gasteiger partial charge on any atom is 0.115 e. The van der Waals surface area contributed by atoms with Crippen molar-refractivity contribution in [1.82, 2.24) is 5.32 Å². The lowest BCUT2D eigenvalue weighted by molar-refractivity contribution is 0.474. The van der Waals surface area contributed by atoms with Gasteiger partial charge in [-0.15, -0.1) is 11.3 Å². The van der Waals surface area contributed by atoms with Gasteiger partial charge in [-0.2, -0.15) is 5.26 Å². The van der Waals surface area contributed by atoms with E-state index in [-0.39, 0.29) is 0 Å². The predicted octanol–water partition coefficient (Wildman–Crippen LogP) is 3.44. The molecule has 1 unspecified atom stereocenters. The number of nitriles is 1. The monoisotopic (exact) mass is 286 g/mol. The molecule has 2 N–H and O–H groups in total. The zero-order valence-corrected chi connectivity index (χ0v) is 12.3. The van der Waals surface area contributed by atoms with Crippen LogP contribution in [0.5, 0.6) is 5.75 Å². The minimum absolute atomic E-state index is 0.311. The quantitative estimate of drug-likeness (QED) is 0.855. The van der Waals surface area contributed by atoms with Crippen molar-refractivity contribution < 1.29 is 5.11 Å². The highest BCUT2D eigenvalue weighted by molar-refractivity contribution is 7.12. The third kappa shape index (κ3) is 4.37.